The van der Waals surface area contributed by atoms with Gasteiger partial charge in [-0.1, -0.05) is 11.6 Å². The molecule has 6 atom stereocenters. The van der Waals surface area contributed by atoms with Crippen LogP contribution in [0, 0.1) is 6.92 Å². The van der Waals surface area contributed by atoms with Crippen molar-refractivity contribution < 1.29 is 45.8 Å². The highest BCUT2D eigenvalue weighted by atomic mass is 35.5. The second-order valence-electron chi connectivity index (χ2n) is 9.80. The van der Waals surface area contributed by atoms with Crippen LogP contribution >= 0.6 is 25.0 Å². The fraction of sp³-hybridized carbons (Fsp3) is 0.476. The van der Waals surface area contributed by atoms with Crippen LogP contribution in [0.3, 0.4) is 0 Å². The van der Waals surface area contributed by atoms with Crippen molar-refractivity contribution in [2.45, 2.75) is 50.6 Å². The van der Waals surface area contributed by atoms with E-state index < -0.39 is 75.9 Å². The summed E-state index contributed by atoms with van der Waals surface area (Å²) in [6.45, 7) is -11.1. The minimum atomic E-state index is -4.38. The van der Waals surface area contributed by atoms with Gasteiger partial charge in [-0.15, -0.1) is 0 Å². The lowest BCUT2D eigenvalue weighted by Crippen LogP contribution is -2.33. The molecule has 3 N–H and O–H groups in total. The standard InChI is InChI=1S/C21H21ClF3N7O8P2S2/c1-9-28-18-15(19(33)29-9)27-8-32(18)20-16-14(23)12(39-20)4-36-41(34,43)38-7-21(24,25)6-31-13(5-37-42(35,44)40-16)30-11-2-10(22)3-26-17(11)31/h2-3,8,12,14,16,20H,4-7H2,1H3,(H,34,43)(H,35,44)(H,28,29,33)/t12-,14-,16-,20-,41?,42?/m1/s1. The Balaban J connectivity index is 1.40. The van der Waals surface area contributed by atoms with Crippen molar-refractivity contribution in [1.82, 2.24) is 34.1 Å². The van der Waals surface area contributed by atoms with E-state index in [1.165, 1.54) is 23.8 Å². The molecule has 2 aliphatic rings. The highest BCUT2D eigenvalue weighted by molar-refractivity contribution is 8.07. The molecule has 0 aliphatic carbocycles. The van der Waals surface area contributed by atoms with E-state index in [0.29, 0.717) is 0 Å². The topological polar surface area (TPSA) is 181 Å². The zero-order chi connectivity index (χ0) is 31.6. The number of H-pyrrole nitrogens is 1. The summed E-state index contributed by atoms with van der Waals surface area (Å²) in [6, 6.07) is 1.37. The number of aromatic amines is 1. The molecular formula is C21H21ClF3N7O8P2S2. The second kappa shape index (κ2) is 11.7. The fourth-order valence-corrected chi connectivity index (χ4v) is 7.26. The van der Waals surface area contributed by atoms with E-state index in [-0.39, 0.29) is 39.0 Å². The molecule has 44 heavy (non-hydrogen) atoms. The van der Waals surface area contributed by atoms with Gasteiger partial charge < -0.3 is 37.6 Å². The number of nitrogens with one attached hydrogen (secondary N) is 1. The molecule has 1 fully saturated rings. The number of halogens is 4. The minimum Gasteiger partial charge on any atom is -0.346 e. The number of hydrogen-bond acceptors (Lipinski definition) is 12. The van der Waals surface area contributed by atoms with Crippen molar-refractivity contribution in [2.24, 2.45) is 0 Å². The molecule has 0 spiro atoms. The van der Waals surface area contributed by atoms with E-state index in [1.54, 1.807) is 0 Å². The summed E-state index contributed by atoms with van der Waals surface area (Å²) in [7, 11) is 0. The number of pyridine rings is 1. The summed E-state index contributed by atoms with van der Waals surface area (Å²) < 4.78 is 75.2. The van der Waals surface area contributed by atoms with Gasteiger partial charge in [0.05, 0.1) is 24.5 Å². The van der Waals surface area contributed by atoms with Gasteiger partial charge in [-0.25, -0.2) is 33.1 Å². The maximum absolute atomic E-state index is 15.9. The highest BCUT2D eigenvalue weighted by Gasteiger charge is 2.50. The first kappa shape index (κ1) is 32.0. The first-order chi connectivity index (χ1) is 20.6. The van der Waals surface area contributed by atoms with Gasteiger partial charge in [0, 0.05) is 6.20 Å². The van der Waals surface area contributed by atoms with Crippen molar-refractivity contribution in [3.63, 3.8) is 0 Å². The Morgan fingerprint density at radius 2 is 1.93 bits per heavy atom. The minimum absolute atomic E-state index is 0.00520. The third-order valence-corrected chi connectivity index (χ3v) is 9.87. The van der Waals surface area contributed by atoms with Crippen molar-refractivity contribution in [3.8, 4) is 0 Å². The number of hydrogen-bond donors (Lipinski definition) is 3. The molecule has 4 aromatic rings. The number of rotatable bonds is 1. The molecule has 15 nitrogen and oxygen atoms in total. The van der Waals surface area contributed by atoms with Crippen LogP contribution in [0.1, 0.15) is 17.9 Å². The van der Waals surface area contributed by atoms with E-state index >= 15 is 13.2 Å². The Hall–Kier alpha value is -1.93. The third-order valence-electron chi connectivity index (χ3n) is 6.56. The Bertz CT molecular complexity index is 1910. The summed E-state index contributed by atoms with van der Waals surface area (Å²) in [6.07, 6.45) is -4.46. The van der Waals surface area contributed by atoms with Crippen LogP contribution in [0.4, 0.5) is 13.2 Å². The Labute approximate surface area is 259 Å². The Kier molecular flexibility index (Phi) is 8.52. The highest BCUT2D eigenvalue weighted by Crippen LogP contribution is 2.52. The molecule has 6 heterocycles. The normalized spacial score (nSPS) is 31.8. The van der Waals surface area contributed by atoms with Crippen molar-refractivity contribution in [3.05, 3.63) is 45.6 Å². The summed E-state index contributed by atoms with van der Waals surface area (Å²) in [4.78, 5) is 52.9. The van der Waals surface area contributed by atoms with Crippen LogP contribution in [0.25, 0.3) is 22.3 Å². The van der Waals surface area contributed by atoms with Gasteiger partial charge in [-0.05, 0) is 36.6 Å². The van der Waals surface area contributed by atoms with Gasteiger partial charge in [-0.2, -0.15) is 0 Å². The van der Waals surface area contributed by atoms with Gasteiger partial charge in [0.2, 0.25) is 0 Å². The predicted octanol–water partition coefficient (Wildman–Crippen LogP) is 2.78. The number of imidazole rings is 2. The van der Waals surface area contributed by atoms with Crippen LogP contribution in [-0.2, 0) is 59.6 Å². The van der Waals surface area contributed by atoms with Gasteiger partial charge >= 0.3 is 13.4 Å². The molecule has 0 saturated carbocycles. The molecule has 1 saturated heterocycles. The summed E-state index contributed by atoms with van der Waals surface area (Å²) in [5.41, 5.74) is -0.572. The first-order valence-corrected chi connectivity index (χ1v) is 18.1. The predicted molar refractivity (Wildman–Crippen MR) is 154 cm³/mol. The Morgan fingerprint density at radius 1 is 1.16 bits per heavy atom. The first-order valence-electron chi connectivity index (χ1n) is 12.5. The summed E-state index contributed by atoms with van der Waals surface area (Å²) in [5.74, 6) is -3.62. The zero-order valence-electron chi connectivity index (χ0n) is 22.1. The number of alkyl halides is 3. The zero-order valence-corrected chi connectivity index (χ0v) is 26.3. The van der Waals surface area contributed by atoms with Crippen molar-refractivity contribution in [1.29, 1.82) is 0 Å². The summed E-state index contributed by atoms with van der Waals surface area (Å²) in [5, 5.41) is 0.173. The SMILES string of the molecule is Cc1nc2c(ncn2[C@@H]2O[C@@H]3COP(O)(=S)OCC(F)(F)Cn4c(nc5cc(Cl)cnc54)COP(O)(=S)O[C@@H]2[C@@H]3F)c(=O)[nH]1. The molecule has 2 aliphatic heterocycles. The number of ether oxygens (including phenoxy) is 1. The maximum atomic E-state index is 15.9. The number of aryl methyl sites for hydroxylation is 1. The molecule has 23 heteroatoms. The van der Waals surface area contributed by atoms with Crippen molar-refractivity contribution >= 4 is 71.0 Å². The average molecular weight is 718 g/mol. The van der Waals surface area contributed by atoms with Gasteiger partial charge in [0.25, 0.3) is 11.5 Å². The third kappa shape index (κ3) is 6.49. The lowest BCUT2D eigenvalue weighted by molar-refractivity contribution is -0.0643. The maximum Gasteiger partial charge on any atom is 0.325 e. The quantitative estimate of drug-likeness (QED) is 0.245. The smallest absolute Gasteiger partial charge is 0.325 e. The largest absolute Gasteiger partial charge is 0.346 e. The van der Waals surface area contributed by atoms with E-state index in [4.69, 9.17) is 58.0 Å². The number of aromatic nitrogens is 7. The summed E-state index contributed by atoms with van der Waals surface area (Å²) >= 11 is 16.0. The monoisotopic (exact) mass is 717 g/mol. The number of fused-ring (bicyclic) bond motifs is 6. The van der Waals surface area contributed by atoms with Gasteiger partial charge in [-0.3, -0.25) is 13.9 Å². The molecule has 0 amide bonds. The van der Waals surface area contributed by atoms with Gasteiger partial charge in [0.15, 0.2) is 29.2 Å². The number of nitrogens with zero attached hydrogens (tertiary/aromatic N) is 6. The molecule has 2 unspecified atom stereocenters. The Morgan fingerprint density at radius 3 is 2.70 bits per heavy atom. The van der Waals surface area contributed by atoms with E-state index in [1.807, 2.05) is 0 Å². The lowest BCUT2D eigenvalue weighted by Gasteiger charge is -2.26. The molecule has 4 aromatic heterocycles. The molecule has 238 valence electrons. The molecule has 2 bridgehead atoms. The van der Waals surface area contributed by atoms with E-state index in [9.17, 15) is 14.6 Å². The van der Waals surface area contributed by atoms with Crippen LogP contribution in [0.2, 0.25) is 5.02 Å². The molecule has 0 aromatic carbocycles. The van der Waals surface area contributed by atoms with E-state index in [2.05, 4.69) is 24.9 Å². The lowest BCUT2D eigenvalue weighted by atomic mass is 10.1. The van der Waals surface area contributed by atoms with Crippen LogP contribution in [-0.4, -0.2) is 81.4 Å². The molecule has 6 rings (SSSR count). The van der Waals surface area contributed by atoms with Crippen LogP contribution < -0.4 is 5.56 Å². The average Bonchev–Trinajstić information content (AvgIpc) is 3.58. The second-order valence-corrected chi connectivity index (χ2v) is 15.9. The van der Waals surface area contributed by atoms with E-state index in [0.717, 1.165) is 10.9 Å². The van der Waals surface area contributed by atoms with Crippen molar-refractivity contribution in [2.75, 3.05) is 13.2 Å². The van der Waals surface area contributed by atoms with Crippen LogP contribution in [0.5, 0.6) is 0 Å². The molecular weight excluding hydrogens is 697 g/mol. The van der Waals surface area contributed by atoms with Gasteiger partial charge in [0.1, 0.15) is 42.6 Å². The fourth-order valence-electron chi connectivity index (χ4n) is 4.68. The van der Waals surface area contributed by atoms with Crippen LogP contribution in [0.15, 0.2) is 23.4 Å². The molecule has 0 radical (unpaired) electrons.